The predicted molar refractivity (Wildman–Crippen MR) is 131 cm³/mol. The van der Waals surface area contributed by atoms with Crippen LogP contribution in [-0.2, 0) is 14.8 Å². The quantitative estimate of drug-likeness (QED) is 0.493. The molecule has 1 atom stereocenters. The minimum absolute atomic E-state index is 0.0783. The van der Waals surface area contributed by atoms with E-state index in [2.05, 4.69) is 11.4 Å². The van der Waals surface area contributed by atoms with Gasteiger partial charge >= 0.3 is 0 Å². The summed E-state index contributed by atoms with van der Waals surface area (Å²) in [5.41, 5.74) is 2.56. The van der Waals surface area contributed by atoms with Gasteiger partial charge in [0.2, 0.25) is 0 Å². The van der Waals surface area contributed by atoms with Crippen LogP contribution in [0.5, 0.6) is 11.5 Å². The van der Waals surface area contributed by atoms with Crippen molar-refractivity contribution in [3.05, 3.63) is 82.9 Å². The highest BCUT2D eigenvalue weighted by Crippen LogP contribution is 2.36. The molecule has 0 radical (unpaired) electrons. The topological polar surface area (TPSA) is 84.9 Å². The smallest absolute Gasteiger partial charge is 0.264 e. The lowest BCUT2D eigenvalue weighted by Crippen LogP contribution is -2.51. The number of halogens is 1. The highest BCUT2D eigenvalue weighted by molar-refractivity contribution is 7.92. The molecule has 0 unspecified atom stereocenters. The molecule has 0 saturated carbocycles. The zero-order chi connectivity index (χ0) is 24.3. The van der Waals surface area contributed by atoms with Crippen LogP contribution in [0.15, 0.2) is 71.6 Å². The van der Waals surface area contributed by atoms with E-state index in [-0.39, 0.29) is 24.6 Å². The lowest BCUT2D eigenvalue weighted by Gasteiger charge is -2.34. The van der Waals surface area contributed by atoms with Gasteiger partial charge in [-0.15, -0.1) is 0 Å². The van der Waals surface area contributed by atoms with Crippen molar-refractivity contribution < 1.29 is 22.7 Å². The van der Waals surface area contributed by atoms with Gasteiger partial charge in [-0.25, -0.2) is 8.42 Å². The number of nitrogens with zero attached hydrogens (tertiary/aromatic N) is 1. The summed E-state index contributed by atoms with van der Waals surface area (Å²) in [6.45, 7) is 4.33. The Kier molecular flexibility index (Phi) is 7.00. The first-order valence-electron chi connectivity index (χ1n) is 10.8. The van der Waals surface area contributed by atoms with E-state index in [9.17, 15) is 13.2 Å². The van der Waals surface area contributed by atoms with Crippen molar-refractivity contribution in [1.82, 2.24) is 5.32 Å². The van der Waals surface area contributed by atoms with Crippen molar-refractivity contribution in [3.63, 3.8) is 0 Å². The van der Waals surface area contributed by atoms with Crippen molar-refractivity contribution in [2.24, 2.45) is 0 Å². The Morgan fingerprint density at radius 2 is 1.76 bits per heavy atom. The van der Waals surface area contributed by atoms with Crippen LogP contribution in [0.2, 0.25) is 5.02 Å². The number of nitrogens with one attached hydrogen (secondary N) is 1. The van der Waals surface area contributed by atoms with Gasteiger partial charge in [0.1, 0.15) is 18.1 Å². The maximum Gasteiger partial charge on any atom is 0.264 e. The summed E-state index contributed by atoms with van der Waals surface area (Å²) in [5.74, 6) is 0.627. The molecule has 1 amide bonds. The Bertz CT molecular complexity index is 1270. The molecule has 1 aliphatic rings. The number of hydrogen-bond acceptors (Lipinski definition) is 5. The average Bonchev–Trinajstić information content (AvgIpc) is 2.80. The fourth-order valence-electron chi connectivity index (χ4n) is 3.77. The second-order valence-corrected chi connectivity index (χ2v) is 10.3. The van der Waals surface area contributed by atoms with Crippen LogP contribution < -0.4 is 19.1 Å². The molecule has 0 fully saturated rings. The molecule has 7 nitrogen and oxygen atoms in total. The number of rotatable bonds is 7. The molecule has 3 aromatic carbocycles. The maximum absolute atomic E-state index is 13.4. The molecule has 0 saturated heterocycles. The van der Waals surface area contributed by atoms with Crippen LogP contribution in [-0.4, -0.2) is 40.1 Å². The Labute approximate surface area is 204 Å². The van der Waals surface area contributed by atoms with E-state index in [0.29, 0.717) is 16.5 Å². The van der Waals surface area contributed by atoms with Crippen LogP contribution in [0.4, 0.5) is 5.69 Å². The molecule has 0 spiro atoms. The molecular formula is C25H25ClN2O5S. The SMILES string of the molecule is Cc1cc(C)cc(OCCNC(=O)[C@H]2CN(S(=O)(=O)c3ccc(Cl)cc3)c3ccccc3O2)c1. The van der Waals surface area contributed by atoms with E-state index in [1.165, 1.54) is 28.6 Å². The number of ether oxygens (including phenoxy) is 2. The lowest BCUT2D eigenvalue weighted by atomic mass is 10.1. The monoisotopic (exact) mass is 500 g/mol. The van der Waals surface area contributed by atoms with Crippen molar-refractivity contribution in [3.8, 4) is 11.5 Å². The lowest BCUT2D eigenvalue weighted by molar-refractivity contribution is -0.127. The largest absolute Gasteiger partial charge is 0.492 e. The van der Waals surface area contributed by atoms with Gasteiger partial charge in [-0.05, 0) is 73.5 Å². The summed E-state index contributed by atoms with van der Waals surface area (Å²) >= 11 is 5.92. The maximum atomic E-state index is 13.4. The summed E-state index contributed by atoms with van der Waals surface area (Å²) in [6.07, 6.45) is -1.02. The third kappa shape index (κ3) is 5.29. The fraction of sp³-hybridized carbons (Fsp3) is 0.240. The molecule has 0 aliphatic carbocycles. The molecule has 1 aliphatic heterocycles. The number of carbonyl (C=O) groups is 1. The Hall–Kier alpha value is -3.23. The molecule has 178 valence electrons. The molecule has 4 rings (SSSR count). The minimum atomic E-state index is -3.94. The van der Waals surface area contributed by atoms with Gasteiger partial charge in [0.15, 0.2) is 6.10 Å². The predicted octanol–water partition coefficient (Wildman–Crippen LogP) is 4.11. The van der Waals surface area contributed by atoms with Crippen LogP contribution in [0, 0.1) is 13.8 Å². The summed E-state index contributed by atoms with van der Waals surface area (Å²) in [5, 5.41) is 3.21. The first-order chi connectivity index (χ1) is 16.2. The number of para-hydroxylation sites is 2. The second kappa shape index (κ2) is 9.95. The van der Waals surface area contributed by atoms with Crippen molar-refractivity contribution >= 4 is 33.2 Å². The molecule has 3 aromatic rings. The normalized spacial score (nSPS) is 15.3. The number of hydrogen-bond donors (Lipinski definition) is 1. The van der Waals surface area contributed by atoms with Gasteiger partial charge in [-0.1, -0.05) is 29.8 Å². The van der Waals surface area contributed by atoms with Gasteiger partial charge in [0, 0.05) is 5.02 Å². The molecule has 1 N–H and O–H groups in total. The van der Waals surface area contributed by atoms with E-state index in [1.54, 1.807) is 24.3 Å². The molecule has 34 heavy (non-hydrogen) atoms. The van der Waals surface area contributed by atoms with Crippen molar-refractivity contribution in [2.45, 2.75) is 24.8 Å². The first kappa shape index (κ1) is 23.9. The van der Waals surface area contributed by atoms with Gasteiger partial charge in [0.05, 0.1) is 23.7 Å². The first-order valence-corrected chi connectivity index (χ1v) is 12.6. The van der Waals surface area contributed by atoms with Crippen LogP contribution in [0.25, 0.3) is 0 Å². The van der Waals surface area contributed by atoms with E-state index in [0.717, 1.165) is 16.9 Å². The molecular weight excluding hydrogens is 476 g/mol. The second-order valence-electron chi connectivity index (χ2n) is 8.03. The summed E-state index contributed by atoms with van der Waals surface area (Å²) in [7, 11) is -3.94. The Morgan fingerprint density at radius 3 is 2.47 bits per heavy atom. The summed E-state index contributed by atoms with van der Waals surface area (Å²) in [6, 6.07) is 18.5. The van der Waals surface area contributed by atoms with Gasteiger partial charge < -0.3 is 14.8 Å². The van der Waals surface area contributed by atoms with Gasteiger partial charge in [-0.2, -0.15) is 0 Å². The Morgan fingerprint density at radius 1 is 1.09 bits per heavy atom. The highest BCUT2D eigenvalue weighted by atomic mass is 35.5. The number of fused-ring (bicyclic) bond motifs is 1. The van der Waals surface area contributed by atoms with Crippen LogP contribution in [0.3, 0.4) is 0 Å². The highest BCUT2D eigenvalue weighted by Gasteiger charge is 2.37. The number of amides is 1. The minimum Gasteiger partial charge on any atom is -0.492 e. The molecule has 0 bridgehead atoms. The number of benzene rings is 3. The van der Waals surface area contributed by atoms with E-state index in [4.69, 9.17) is 21.1 Å². The van der Waals surface area contributed by atoms with E-state index < -0.39 is 22.0 Å². The van der Waals surface area contributed by atoms with E-state index in [1.807, 2.05) is 26.0 Å². The van der Waals surface area contributed by atoms with Crippen molar-refractivity contribution in [2.75, 3.05) is 24.0 Å². The zero-order valence-electron chi connectivity index (χ0n) is 18.8. The molecule has 1 heterocycles. The summed E-state index contributed by atoms with van der Waals surface area (Å²) < 4.78 is 39.5. The Balaban J connectivity index is 1.45. The zero-order valence-corrected chi connectivity index (χ0v) is 20.4. The molecule has 9 heteroatoms. The summed E-state index contributed by atoms with van der Waals surface area (Å²) in [4.78, 5) is 12.9. The number of aryl methyl sites for hydroxylation is 2. The van der Waals surface area contributed by atoms with Crippen LogP contribution in [0.1, 0.15) is 11.1 Å². The van der Waals surface area contributed by atoms with E-state index >= 15 is 0 Å². The number of sulfonamides is 1. The fourth-order valence-corrected chi connectivity index (χ4v) is 5.38. The van der Waals surface area contributed by atoms with Gasteiger partial charge in [0.25, 0.3) is 15.9 Å². The standard InChI is InChI=1S/C25H25ClN2O5S/c1-17-13-18(2)15-20(14-17)32-12-11-27-25(29)24-16-28(22-5-3-4-6-23(22)33-24)34(30,31)21-9-7-19(26)8-10-21/h3-10,13-15,24H,11-12,16H2,1-2H3,(H,27,29)/t24-/m1/s1. The third-order valence-electron chi connectivity index (χ3n) is 5.29. The number of carbonyl (C=O) groups excluding carboxylic acids is 1. The van der Waals surface area contributed by atoms with Crippen molar-refractivity contribution in [1.29, 1.82) is 0 Å². The molecule has 0 aromatic heterocycles. The van der Waals surface area contributed by atoms with Gasteiger partial charge in [-0.3, -0.25) is 9.10 Å². The average molecular weight is 501 g/mol. The van der Waals surface area contributed by atoms with Crippen LogP contribution >= 0.6 is 11.6 Å². The number of anilines is 1. The third-order valence-corrected chi connectivity index (χ3v) is 7.34.